The Morgan fingerprint density at radius 2 is 1.76 bits per heavy atom. The Labute approximate surface area is 106 Å². The molecular formula is C15H28N2. The van der Waals surface area contributed by atoms with Crippen LogP contribution in [0.15, 0.2) is 0 Å². The Balaban J connectivity index is 1.75. The zero-order chi connectivity index (χ0) is 12.0. The third-order valence-electron chi connectivity index (χ3n) is 5.86. The monoisotopic (exact) mass is 236 g/mol. The smallest absolute Gasteiger partial charge is 0.0255 e. The summed E-state index contributed by atoms with van der Waals surface area (Å²) in [7, 11) is 0. The molecule has 1 heterocycles. The van der Waals surface area contributed by atoms with E-state index >= 15 is 0 Å². The third kappa shape index (κ3) is 1.94. The molecule has 0 amide bonds. The van der Waals surface area contributed by atoms with Crippen LogP contribution >= 0.6 is 0 Å². The first kappa shape index (κ1) is 12.0. The van der Waals surface area contributed by atoms with Crippen LogP contribution in [0.3, 0.4) is 0 Å². The topological polar surface area (TPSA) is 29.3 Å². The normalized spacial score (nSPS) is 46.1. The fourth-order valence-corrected chi connectivity index (χ4v) is 4.66. The molecule has 1 aliphatic heterocycles. The molecule has 98 valence electrons. The highest BCUT2D eigenvalue weighted by Crippen LogP contribution is 2.44. The van der Waals surface area contributed by atoms with Gasteiger partial charge in [0.15, 0.2) is 0 Å². The average molecular weight is 236 g/mol. The molecule has 3 rings (SSSR count). The Morgan fingerprint density at radius 1 is 1.00 bits per heavy atom. The summed E-state index contributed by atoms with van der Waals surface area (Å²) in [6.45, 7) is 6.02. The van der Waals surface area contributed by atoms with E-state index in [0.29, 0.717) is 17.5 Å². The number of rotatable bonds is 1. The lowest BCUT2D eigenvalue weighted by atomic mass is 9.85. The van der Waals surface area contributed by atoms with Crippen molar-refractivity contribution in [3.63, 3.8) is 0 Å². The minimum atomic E-state index is 0.357. The van der Waals surface area contributed by atoms with Gasteiger partial charge in [0, 0.05) is 18.1 Å². The second-order valence-corrected chi connectivity index (χ2v) is 7.26. The van der Waals surface area contributed by atoms with Gasteiger partial charge >= 0.3 is 0 Å². The van der Waals surface area contributed by atoms with Crippen molar-refractivity contribution in [3.05, 3.63) is 0 Å². The van der Waals surface area contributed by atoms with Crippen LogP contribution in [0.2, 0.25) is 0 Å². The molecule has 2 nitrogen and oxygen atoms in total. The predicted molar refractivity (Wildman–Crippen MR) is 71.8 cm³/mol. The molecule has 0 radical (unpaired) electrons. The molecule has 0 bridgehead atoms. The van der Waals surface area contributed by atoms with Crippen molar-refractivity contribution in [2.75, 3.05) is 6.54 Å². The summed E-state index contributed by atoms with van der Waals surface area (Å²) >= 11 is 0. The van der Waals surface area contributed by atoms with Crippen molar-refractivity contribution in [1.82, 2.24) is 4.90 Å². The van der Waals surface area contributed by atoms with Gasteiger partial charge in [-0.25, -0.2) is 0 Å². The van der Waals surface area contributed by atoms with E-state index in [9.17, 15) is 0 Å². The molecule has 0 aromatic rings. The van der Waals surface area contributed by atoms with E-state index in [2.05, 4.69) is 18.7 Å². The summed E-state index contributed by atoms with van der Waals surface area (Å²) in [6.07, 6.45) is 9.90. The van der Waals surface area contributed by atoms with Crippen LogP contribution in [-0.4, -0.2) is 29.6 Å². The highest BCUT2D eigenvalue weighted by atomic mass is 15.2. The van der Waals surface area contributed by atoms with Crippen molar-refractivity contribution in [3.8, 4) is 0 Å². The molecule has 2 heteroatoms. The standard InChI is InChI=1S/C15H28N2/c1-15(2)9-8-13(14(15)16)17-10-4-6-11-5-3-7-12(11)17/h11-14H,3-10,16H2,1-2H3. The van der Waals surface area contributed by atoms with E-state index in [0.717, 1.165) is 12.0 Å². The van der Waals surface area contributed by atoms with E-state index in [1.165, 1.54) is 51.5 Å². The molecule has 0 aromatic heterocycles. The molecule has 2 aliphatic carbocycles. The second kappa shape index (κ2) is 4.24. The maximum Gasteiger partial charge on any atom is 0.0255 e. The lowest BCUT2D eigenvalue weighted by Crippen LogP contribution is -2.55. The van der Waals surface area contributed by atoms with E-state index in [1.807, 2.05) is 0 Å². The first-order valence-corrected chi connectivity index (χ1v) is 7.61. The lowest BCUT2D eigenvalue weighted by molar-refractivity contribution is 0.0560. The van der Waals surface area contributed by atoms with Gasteiger partial charge in [0.1, 0.15) is 0 Å². The number of hydrogen-bond donors (Lipinski definition) is 1. The Bertz CT molecular complexity index is 287. The summed E-state index contributed by atoms with van der Waals surface area (Å²) < 4.78 is 0. The zero-order valence-electron chi connectivity index (χ0n) is 11.5. The van der Waals surface area contributed by atoms with Crippen LogP contribution in [0.4, 0.5) is 0 Å². The van der Waals surface area contributed by atoms with E-state index in [1.54, 1.807) is 0 Å². The maximum atomic E-state index is 6.53. The van der Waals surface area contributed by atoms with Crippen LogP contribution in [0, 0.1) is 11.3 Å². The molecule has 4 unspecified atom stereocenters. The van der Waals surface area contributed by atoms with Gasteiger partial charge < -0.3 is 5.73 Å². The molecule has 17 heavy (non-hydrogen) atoms. The number of nitrogens with two attached hydrogens (primary N) is 1. The van der Waals surface area contributed by atoms with Crippen molar-refractivity contribution >= 4 is 0 Å². The summed E-state index contributed by atoms with van der Waals surface area (Å²) in [4.78, 5) is 2.82. The van der Waals surface area contributed by atoms with Crippen molar-refractivity contribution in [2.24, 2.45) is 17.1 Å². The fourth-order valence-electron chi connectivity index (χ4n) is 4.66. The Kier molecular flexibility index (Phi) is 2.99. The molecule has 3 fully saturated rings. The van der Waals surface area contributed by atoms with Crippen molar-refractivity contribution in [1.29, 1.82) is 0 Å². The van der Waals surface area contributed by atoms with Gasteiger partial charge in [0.25, 0.3) is 0 Å². The van der Waals surface area contributed by atoms with Crippen LogP contribution in [0.25, 0.3) is 0 Å². The SMILES string of the molecule is CC1(C)CCC(N2CCCC3CCCC32)C1N. The average Bonchev–Trinajstić information content (AvgIpc) is 2.85. The van der Waals surface area contributed by atoms with Crippen molar-refractivity contribution in [2.45, 2.75) is 76.9 Å². The largest absolute Gasteiger partial charge is 0.326 e. The van der Waals surface area contributed by atoms with Gasteiger partial charge in [-0.15, -0.1) is 0 Å². The molecule has 4 atom stereocenters. The van der Waals surface area contributed by atoms with Gasteiger partial charge in [-0.2, -0.15) is 0 Å². The van der Waals surface area contributed by atoms with Crippen LogP contribution in [0.1, 0.15) is 58.8 Å². The van der Waals surface area contributed by atoms with Crippen LogP contribution < -0.4 is 5.73 Å². The minimum absolute atomic E-state index is 0.357. The summed E-state index contributed by atoms with van der Waals surface area (Å²) in [5, 5.41) is 0. The Hall–Kier alpha value is -0.0800. The number of piperidine rings is 1. The number of fused-ring (bicyclic) bond motifs is 1. The molecular weight excluding hydrogens is 208 g/mol. The minimum Gasteiger partial charge on any atom is -0.326 e. The quantitative estimate of drug-likeness (QED) is 0.758. The van der Waals surface area contributed by atoms with E-state index < -0.39 is 0 Å². The third-order valence-corrected chi connectivity index (χ3v) is 5.86. The first-order valence-electron chi connectivity index (χ1n) is 7.61. The highest BCUT2D eigenvalue weighted by Gasteiger charge is 2.46. The van der Waals surface area contributed by atoms with Gasteiger partial charge in [0.05, 0.1) is 0 Å². The molecule has 2 saturated carbocycles. The molecule has 0 spiro atoms. The van der Waals surface area contributed by atoms with E-state index in [-0.39, 0.29) is 0 Å². The number of nitrogens with zero attached hydrogens (tertiary/aromatic N) is 1. The number of likely N-dealkylation sites (tertiary alicyclic amines) is 1. The van der Waals surface area contributed by atoms with Gasteiger partial charge in [-0.3, -0.25) is 4.90 Å². The summed E-state index contributed by atoms with van der Waals surface area (Å²) in [5.74, 6) is 1.000. The predicted octanol–water partition coefficient (Wildman–Crippen LogP) is 2.77. The lowest BCUT2D eigenvalue weighted by Gasteiger charge is -2.44. The van der Waals surface area contributed by atoms with Gasteiger partial charge in [-0.05, 0) is 56.4 Å². The highest BCUT2D eigenvalue weighted by molar-refractivity contribution is 5.03. The maximum absolute atomic E-state index is 6.53. The van der Waals surface area contributed by atoms with Gasteiger partial charge in [-0.1, -0.05) is 20.3 Å². The molecule has 1 saturated heterocycles. The van der Waals surface area contributed by atoms with Crippen LogP contribution in [-0.2, 0) is 0 Å². The fraction of sp³-hybridized carbons (Fsp3) is 1.00. The molecule has 0 aromatic carbocycles. The summed E-state index contributed by atoms with van der Waals surface area (Å²) in [6, 6.07) is 1.95. The molecule has 2 N–H and O–H groups in total. The molecule has 3 aliphatic rings. The number of hydrogen-bond acceptors (Lipinski definition) is 2. The first-order chi connectivity index (χ1) is 8.09. The van der Waals surface area contributed by atoms with E-state index in [4.69, 9.17) is 5.73 Å². The Morgan fingerprint density at radius 3 is 2.47 bits per heavy atom. The van der Waals surface area contributed by atoms with Crippen molar-refractivity contribution < 1.29 is 0 Å². The second-order valence-electron chi connectivity index (χ2n) is 7.26. The zero-order valence-corrected chi connectivity index (χ0v) is 11.5. The summed E-state index contributed by atoms with van der Waals surface area (Å²) in [5.41, 5.74) is 6.89. The van der Waals surface area contributed by atoms with Gasteiger partial charge in [0.2, 0.25) is 0 Å². The van der Waals surface area contributed by atoms with Crippen LogP contribution in [0.5, 0.6) is 0 Å².